The highest BCUT2D eigenvalue weighted by Crippen LogP contribution is 2.26. The van der Waals surface area contributed by atoms with Crippen molar-refractivity contribution in [3.8, 4) is 5.75 Å². The van der Waals surface area contributed by atoms with Crippen molar-refractivity contribution < 1.29 is 26.7 Å². The van der Waals surface area contributed by atoms with E-state index in [1.165, 1.54) is 9.18 Å². The van der Waals surface area contributed by atoms with Crippen molar-refractivity contribution in [2.45, 2.75) is 36.8 Å². The molecule has 0 saturated carbocycles. The van der Waals surface area contributed by atoms with Gasteiger partial charge in [-0.25, -0.2) is 17.2 Å². The maximum absolute atomic E-state index is 14.4. The van der Waals surface area contributed by atoms with Crippen LogP contribution in [0.5, 0.6) is 5.75 Å². The van der Waals surface area contributed by atoms with Crippen LogP contribution in [0.15, 0.2) is 64.9 Å². The predicted octanol–water partition coefficient (Wildman–Crippen LogP) is 5.02. The minimum Gasteiger partial charge on any atom is -0.493 e. The highest BCUT2D eigenvalue weighted by Gasteiger charge is 2.31. The number of hydrogen-bond donors (Lipinski definition) is 0. The van der Waals surface area contributed by atoms with Crippen molar-refractivity contribution >= 4 is 21.4 Å². The lowest BCUT2D eigenvalue weighted by Crippen LogP contribution is -2.37. The summed E-state index contributed by atoms with van der Waals surface area (Å²) in [5.74, 6) is -1.31. The van der Waals surface area contributed by atoms with E-state index in [0.717, 1.165) is 31.4 Å². The van der Waals surface area contributed by atoms with E-state index in [9.17, 15) is 17.2 Å². The Labute approximate surface area is 196 Å². The first-order valence-corrected chi connectivity index (χ1v) is 13.0. The fraction of sp³-hybridized carbons (Fsp3) is 0.333. The van der Waals surface area contributed by atoms with E-state index in [-0.39, 0.29) is 19.2 Å². The van der Waals surface area contributed by atoms with Gasteiger partial charge in [-0.1, -0.05) is 18.2 Å². The van der Waals surface area contributed by atoms with Crippen LogP contribution in [-0.4, -0.2) is 38.6 Å². The summed E-state index contributed by atoms with van der Waals surface area (Å²) in [5, 5.41) is 2.02. The van der Waals surface area contributed by atoms with Crippen LogP contribution in [0.1, 0.15) is 23.3 Å². The summed E-state index contributed by atoms with van der Waals surface area (Å²) in [5.41, 5.74) is 0.702. The lowest BCUT2D eigenvalue weighted by atomic mass is 10.2. The Morgan fingerprint density at radius 2 is 2.00 bits per heavy atom. The highest BCUT2D eigenvalue weighted by molar-refractivity contribution is 7.89. The third-order valence-corrected chi connectivity index (χ3v) is 8.18. The van der Waals surface area contributed by atoms with E-state index in [0.29, 0.717) is 30.6 Å². The molecular weight excluding hydrogens is 468 g/mol. The first kappa shape index (κ1) is 23.8. The summed E-state index contributed by atoms with van der Waals surface area (Å²) >= 11 is 1.67. The molecule has 0 radical (unpaired) electrons. The van der Waals surface area contributed by atoms with Gasteiger partial charge >= 0.3 is 0 Å². The maximum atomic E-state index is 14.4. The number of ether oxygens (including phenoxy) is 2. The Kier molecular flexibility index (Phi) is 7.75. The first-order chi connectivity index (χ1) is 15.9. The molecule has 1 aromatic heterocycles. The Morgan fingerprint density at radius 3 is 2.73 bits per heavy atom. The van der Waals surface area contributed by atoms with Gasteiger partial charge in [-0.3, -0.25) is 0 Å². The lowest BCUT2D eigenvalue weighted by molar-refractivity contribution is 0.0925. The van der Waals surface area contributed by atoms with Crippen LogP contribution in [-0.2, 0) is 27.7 Å². The molecule has 5 nitrogen and oxygen atoms in total. The van der Waals surface area contributed by atoms with Gasteiger partial charge in [0.05, 0.1) is 12.7 Å². The minimum absolute atomic E-state index is 0.0150. The van der Waals surface area contributed by atoms with Crippen molar-refractivity contribution in [1.82, 2.24) is 4.31 Å². The number of halogens is 2. The molecule has 2 aromatic carbocycles. The predicted molar refractivity (Wildman–Crippen MR) is 123 cm³/mol. The molecule has 9 heteroatoms. The van der Waals surface area contributed by atoms with E-state index in [1.807, 2.05) is 23.6 Å². The average molecular weight is 494 g/mol. The lowest BCUT2D eigenvalue weighted by Gasteiger charge is -2.25. The van der Waals surface area contributed by atoms with Gasteiger partial charge in [0.25, 0.3) is 0 Å². The van der Waals surface area contributed by atoms with Gasteiger partial charge in [0, 0.05) is 37.1 Å². The first-order valence-electron chi connectivity index (χ1n) is 10.7. The molecule has 0 bridgehead atoms. The van der Waals surface area contributed by atoms with Crippen LogP contribution in [0.4, 0.5) is 8.78 Å². The molecule has 0 aliphatic carbocycles. The summed E-state index contributed by atoms with van der Waals surface area (Å²) in [6.07, 6.45) is 2.08. The van der Waals surface area contributed by atoms with Crippen LogP contribution >= 0.6 is 11.3 Å². The molecular formula is C24H25F2NO4S2. The topological polar surface area (TPSA) is 55.8 Å². The van der Waals surface area contributed by atoms with E-state index in [2.05, 4.69) is 0 Å². The number of hydrogen-bond acceptors (Lipinski definition) is 5. The molecule has 3 aromatic rings. The normalized spacial score (nSPS) is 16.4. The van der Waals surface area contributed by atoms with Crippen molar-refractivity contribution in [3.63, 3.8) is 0 Å². The second kappa shape index (κ2) is 10.7. The maximum Gasteiger partial charge on any atom is 0.246 e. The molecule has 1 saturated heterocycles. The summed E-state index contributed by atoms with van der Waals surface area (Å²) in [7, 11) is -4.22. The molecule has 1 atom stereocenters. The second-order valence-electron chi connectivity index (χ2n) is 7.83. The zero-order chi connectivity index (χ0) is 23.3. The highest BCUT2D eigenvalue weighted by atomic mass is 32.2. The number of sulfonamides is 1. The van der Waals surface area contributed by atoms with Crippen molar-refractivity contribution in [2.24, 2.45) is 0 Å². The van der Waals surface area contributed by atoms with Gasteiger partial charge < -0.3 is 9.47 Å². The summed E-state index contributed by atoms with van der Waals surface area (Å²) < 4.78 is 67.1. The SMILES string of the molecule is O=S(=O)(c1ccc(F)cc1F)N(Cc1cccc(OCCc2cccs2)c1)C[C@H]1CCCO1. The molecule has 176 valence electrons. The number of thiophene rings is 1. The molecule has 0 spiro atoms. The van der Waals surface area contributed by atoms with Gasteiger partial charge in [0.1, 0.15) is 22.3 Å². The second-order valence-corrected chi connectivity index (χ2v) is 10.8. The third-order valence-electron chi connectivity index (χ3n) is 5.40. The average Bonchev–Trinajstić information content (AvgIpc) is 3.48. The molecule has 0 amide bonds. The van der Waals surface area contributed by atoms with E-state index in [4.69, 9.17) is 9.47 Å². The molecule has 2 heterocycles. The molecule has 1 aliphatic heterocycles. The van der Waals surface area contributed by atoms with Gasteiger partial charge in [0.15, 0.2) is 0 Å². The van der Waals surface area contributed by atoms with Crippen LogP contribution in [0.25, 0.3) is 0 Å². The zero-order valence-electron chi connectivity index (χ0n) is 18.0. The molecule has 0 unspecified atom stereocenters. The van der Waals surface area contributed by atoms with Crippen LogP contribution in [0.3, 0.4) is 0 Å². The van der Waals surface area contributed by atoms with Crippen LogP contribution in [0.2, 0.25) is 0 Å². The Balaban J connectivity index is 1.52. The van der Waals surface area contributed by atoms with E-state index < -0.39 is 26.6 Å². The van der Waals surface area contributed by atoms with E-state index >= 15 is 0 Å². The van der Waals surface area contributed by atoms with Gasteiger partial charge in [-0.05, 0) is 54.1 Å². The van der Waals surface area contributed by atoms with Gasteiger partial charge in [-0.2, -0.15) is 4.31 Å². The summed E-state index contributed by atoms with van der Waals surface area (Å²) in [6.45, 7) is 1.17. The smallest absolute Gasteiger partial charge is 0.246 e. The Bertz CT molecular complexity index is 1160. The molecule has 1 fully saturated rings. The Morgan fingerprint density at radius 1 is 1.12 bits per heavy atom. The zero-order valence-corrected chi connectivity index (χ0v) is 19.6. The largest absolute Gasteiger partial charge is 0.493 e. The summed E-state index contributed by atoms with van der Waals surface area (Å²) in [4.78, 5) is 0.673. The molecule has 33 heavy (non-hydrogen) atoms. The standard InChI is InChI=1S/C24H25F2NO4S2/c25-19-8-9-24(23(26)15-19)33(28,29)27(17-21-6-2-11-30-21)16-18-4-1-5-20(14-18)31-12-10-22-7-3-13-32-22/h1,3-5,7-9,13-15,21H,2,6,10-12,16-17H2/t21-/m1/s1. The number of rotatable bonds is 10. The quantitative estimate of drug-likeness (QED) is 0.398. The Hall–Kier alpha value is -2.33. The number of nitrogens with zero attached hydrogens (tertiary/aromatic N) is 1. The monoisotopic (exact) mass is 493 g/mol. The summed E-state index contributed by atoms with van der Waals surface area (Å²) in [6, 6.07) is 13.7. The van der Waals surface area contributed by atoms with Gasteiger partial charge in [-0.15, -0.1) is 11.3 Å². The fourth-order valence-corrected chi connectivity index (χ4v) is 5.94. The minimum atomic E-state index is -4.22. The molecule has 4 rings (SSSR count). The van der Waals surface area contributed by atoms with Crippen LogP contribution < -0.4 is 4.74 Å². The molecule has 0 N–H and O–H groups in total. The van der Waals surface area contributed by atoms with Crippen molar-refractivity contribution in [2.75, 3.05) is 19.8 Å². The fourth-order valence-electron chi connectivity index (χ4n) is 3.75. The number of benzene rings is 2. The molecule has 1 aliphatic rings. The third kappa shape index (κ3) is 6.17. The van der Waals surface area contributed by atoms with Gasteiger partial charge in [0.2, 0.25) is 10.0 Å². The van der Waals surface area contributed by atoms with Crippen molar-refractivity contribution in [3.05, 3.63) is 82.1 Å². The van der Waals surface area contributed by atoms with E-state index in [1.54, 1.807) is 29.5 Å². The van der Waals surface area contributed by atoms with Crippen LogP contribution in [0, 0.1) is 11.6 Å². The van der Waals surface area contributed by atoms with Crippen molar-refractivity contribution in [1.29, 1.82) is 0 Å².